The summed E-state index contributed by atoms with van der Waals surface area (Å²) in [6, 6.07) is 9.59. The summed E-state index contributed by atoms with van der Waals surface area (Å²) in [6.45, 7) is 3.54. The zero-order chi connectivity index (χ0) is 17.7. The molecule has 0 unspecified atom stereocenters. The maximum absolute atomic E-state index is 11.6. The van der Waals surface area contributed by atoms with Crippen LogP contribution in [-0.4, -0.2) is 17.5 Å². The quantitative estimate of drug-likeness (QED) is 0.273. The van der Waals surface area contributed by atoms with Crippen molar-refractivity contribution in [3.8, 4) is 17.4 Å². The lowest BCUT2D eigenvalue weighted by atomic mass is 10.1. The smallest absolute Gasteiger partial charge is 0.349 e. The third kappa shape index (κ3) is 3.67. The highest BCUT2D eigenvalue weighted by atomic mass is 16.6. The van der Waals surface area contributed by atoms with Crippen molar-refractivity contribution in [1.82, 2.24) is 0 Å². The Balaban J connectivity index is 2.40. The highest BCUT2D eigenvalue weighted by Gasteiger charge is 2.18. The summed E-state index contributed by atoms with van der Waals surface area (Å²) in [6.07, 6.45) is 1.24. The van der Waals surface area contributed by atoms with Gasteiger partial charge < -0.3 is 9.15 Å². The standard InChI is InChI=1S/C17H14N2O5/c1-3-23-17(20)12(10-18)9-13-5-7-16(24-13)14-6-4-11(2)8-15(14)19(21)22/h4-9H,3H2,1-2H3. The summed E-state index contributed by atoms with van der Waals surface area (Å²) >= 11 is 0. The van der Waals surface area contributed by atoms with Crippen LogP contribution in [0.2, 0.25) is 0 Å². The number of hydrogen-bond acceptors (Lipinski definition) is 6. The van der Waals surface area contributed by atoms with Gasteiger partial charge >= 0.3 is 5.97 Å². The van der Waals surface area contributed by atoms with Crippen molar-refractivity contribution in [1.29, 1.82) is 5.26 Å². The molecule has 2 aromatic rings. The number of nitrogens with zero attached hydrogens (tertiary/aromatic N) is 2. The van der Waals surface area contributed by atoms with Crippen LogP contribution in [0.15, 0.2) is 40.3 Å². The molecule has 0 fully saturated rings. The average molecular weight is 326 g/mol. The van der Waals surface area contributed by atoms with Crippen LogP contribution < -0.4 is 0 Å². The molecule has 0 aliphatic rings. The molecule has 24 heavy (non-hydrogen) atoms. The van der Waals surface area contributed by atoms with Crippen LogP contribution in [0.4, 0.5) is 5.69 Å². The Labute approximate surface area is 137 Å². The molecule has 0 saturated heterocycles. The minimum absolute atomic E-state index is 0.0780. The molecule has 1 aromatic heterocycles. The minimum atomic E-state index is -0.751. The van der Waals surface area contributed by atoms with E-state index in [4.69, 9.17) is 14.4 Å². The van der Waals surface area contributed by atoms with Gasteiger partial charge in [0.05, 0.1) is 17.1 Å². The first-order valence-corrected chi connectivity index (χ1v) is 7.10. The van der Waals surface area contributed by atoms with E-state index in [0.717, 1.165) is 5.56 Å². The molecule has 2 rings (SSSR count). The van der Waals surface area contributed by atoms with Crippen LogP contribution in [0.5, 0.6) is 0 Å². The van der Waals surface area contributed by atoms with E-state index in [-0.39, 0.29) is 29.4 Å². The molecule has 7 nitrogen and oxygen atoms in total. The van der Waals surface area contributed by atoms with Gasteiger partial charge in [-0.2, -0.15) is 5.26 Å². The van der Waals surface area contributed by atoms with Crippen molar-refractivity contribution < 1.29 is 18.9 Å². The van der Waals surface area contributed by atoms with Gasteiger partial charge in [0.2, 0.25) is 0 Å². The van der Waals surface area contributed by atoms with Gasteiger partial charge in [0.15, 0.2) is 0 Å². The van der Waals surface area contributed by atoms with Gasteiger partial charge in [-0.25, -0.2) is 4.79 Å². The van der Waals surface area contributed by atoms with E-state index in [2.05, 4.69) is 0 Å². The average Bonchev–Trinajstić information content (AvgIpc) is 3.01. The molecule has 0 radical (unpaired) electrons. The van der Waals surface area contributed by atoms with Crippen LogP contribution in [0.25, 0.3) is 17.4 Å². The van der Waals surface area contributed by atoms with E-state index < -0.39 is 10.9 Å². The van der Waals surface area contributed by atoms with E-state index in [1.54, 1.807) is 38.1 Å². The van der Waals surface area contributed by atoms with Crippen LogP contribution in [0.3, 0.4) is 0 Å². The molecule has 0 aliphatic heterocycles. The number of aryl methyl sites for hydroxylation is 1. The summed E-state index contributed by atoms with van der Waals surface area (Å²) < 4.78 is 10.3. The molecular weight excluding hydrogens is 312 g/mol. The second-order valence-corrected chi connectivity index (χ2v) is 4.87. The zero-order valence-electron chi connectivity index (χ0n) is 13.1. The van der Waals surface area contributed by atoms with Gasteiger partial charge in [0.1, 0.15) is 23.2 Å². The van der Waals surface area contributed by atoms with Crippen LogP contribution >= 0.6 is 0 Å². The van der Waals surface area contributed by atoms with E-state index in [0.29, 0.717) is 5.56 Å². The maximum Gasteiger partial charge on any atom is 0.349 e. The second kappa shape index (κ2) is 7.24. The van der Waals surface area contributed by atoms with E-state index in [1.807, 2.05) is 0 Å². The lowest BCUT2D eigenvalue weighted by Crippen LogP contribution is -2.05. The normalized spacial score (nSPS) is 11.0. The lowest BCUT2D eigenvalue weighted by molar-refractivity contribution is -0.384. The van der Waals surface area contributed by atoms with Gasteiger partial charge in [0.25, 0.3) is 5.69 Å². The van der Waals surface area contributed by atoms with Crippen LogP contribution in [0, 0.1) is 28.4 Å². The van der Waals surface area contributed by atoms with Crippen molar-refractivity contribution in [3.63, 3.8) is 0 Å². The highest BCUT2D eigenvalue weighted by molar-refractivity contribution is 5.97. The second-order valence-electron chi connectivity index (χ2n) is 4.87. The molecule has 0 amide bonds. The number of nitro benzene ring substituents is 1. The van der Waals surface area contributed by atoms with E-state index in [1.165, 1.54) is 18.2 Å². The zero-order valence-corrected chi connectivity index (χ0v) is 13.1. The fourth-order valence-corrected chi connectivity index (χ4v) is 2.06. The number of carbonyl (C=O) groups is 1. The summed E-state index contributed by atoms with van der Waals surface area (Å²) in [7, 11) is 0. The van der Waals surface area contributed by atoms with Crippen LogP contribution in [0.1, 0.15) is 18.2 Å². The number of esters is 1. The van der Waals surface area contributed by atoms with Gasteiger partial charge in [-0.15, -0.1) is 0 Å². The SMILES string of the molecule is CCOC(=O)C(C#N)=Cc1ccc(-c2ccc(C)cc2[N+](=O)[O-])o1. The first-order chi connectivity index (χ1) is 11.5. The third-order valence-electron chi connectivity index (χ3n) is 3.14. The number of ether oxygens (including phenoxy) is 1. The first-order valence-electron chi connectivity index (χ1n) is 7.10. The lowest BCUT2D eigenvalue weighted by Gasteiger charge is -2.01. The Morgan fingerprint density at radius 3 is 2.79 bits per heavy atom. The number of nitro groups is 1. The third-order valence-corrected chi connectivity index (χ3v) is 3.14. The molecule has 0 saturated carbocycles. The van der Waals surface area contributed by atoms with Gasteiger partial charge in [-0.3, -0.25) is 10.1 Å². The molecule has 0 atom stereocenters. The number of furan rings is 1. The first kappa shape index (κ1) is 17.0. The van der Waals surface area contributed by atoms with Crippen molar-refractivity contribution in [2.45, 2.75) is 13.8 Å². The maximum atomic E-state index is 11.6. The van der Waals surface area contributed by atoms with E-state index in [9.17, 15) is 14.9 Å². The van der Waals surface area contributed by atoms with Crippen molar-refractivity contribution in [3.05, 3.63) is 57.3 Å². The number of carbonyl (C=O) groups excluding carboxylic acids is 1. The molecule has 7 heteroatoms. The molecule has 1 aromatic carbocycles. The van der Waals surface area contributed by atoms with Gasteiger partial charge in [-0.05, 0) is 37.6 Å². The molecule has 1 heterocycles. The van der Waals surface area contributed by atoms with Crippen molar-refractivity contribution in [2.75, 3.05) is 6.61 Å². The Hall–Kier alpha value is -3.40. The Kier molecular flexibility index (Phi) is 5.12. The summed E-state index contributed by atoms with van der Waals surface area (Å²) in [4.78, 5) is 22.3. The minimum Gasteiger partial charge on any atom is -0.462 e. The Bertz CT molecular complexity index is 858. The van der Waals surface area contributed by atoms with Gasteiger partial charge in [0, 0.05) is 12.1 Å². The fourth-order valence-electron chi connectivity index (χ4n) is 2.06. The summed E-state index contributed by atoms with van der Waals surface area (Å²) in [5, 5.41) is 20.2. The predicted molar refractivity (Wildman–Crippen MR) is 85.8 cm³/mol. The van der Waals surface area contributed by atoms with Gasteiger partial charge in [-0.1, -0.05) is 6.07 Å². The largest absolute Gasteiger partial charge is 0.462 e. The summed E-state index contributed by atoms with van der Waals surface area (Å²) in [5.41, 5.74) is 0.785. The molecule has 0 N–H and O–H groups in total. The highest BCUT2D eigenvalue weighted by Crippen LogP contribution is 2.32. The van der Waals surface area contributed by atoms with Crippen molar-refractivity contribution in [2.24, 2.45) is 0 Å². The summed E-state index contributed by atoms with van der Waals surface area (Å²) in [5.74, 6) is -0.252. The number of rotatable bonds is 5. The number of hydrogen-bond donors (Lipinski definition) is 0. The predicted octanol–water partition coefficient (Wildman–Crippen LogP) is 3.63. The monoisotopic (exact) mass is 326 g/mol. The topological polar surface area (TPSA) is 106 Å². The van der Waals surface area contributed by atoms with Crippen LogP contribution in [-0.2, 0) is 9.53 Å². The molecule has 0 aliphatic carbocycles. The number of benzene rings is 1. The Morgan fingerprint density at radius 1 is 1.42 bits per heavy atom. The fraction of sp³-hybridized carbons (Fsp3) is 0.176. The molecule has 122 valence electrons. The Morgan fingerprint density at radius 2 is 2.17 bits per heavy atom. The molecular formula is C17H14N2O5. The molecule has 0 bridgehead atoms. The van der Waals surface area contributed by atoms with Crippen molar-refractivity contribution >= 4 is 17.7 Å². The molecule has 0 spiro atoms. The van der Waals surface area contributed by atoms with E-state index >= 15 is 0 Å². The number of nitriles is 1.